The van der Waals surface area contributed by atoms with Crippen LogP contribution in [0.15, 0.2) is 48.8 Å². The number of aryl methyl sites for hydroxylation is 1. The van der Waals surface area contributed by atoms with Crippen LogP contribution in [0.5, 0.6) is 5.75 Å². The highest BCUT2D eigenvalue weighted by Crippen LogP contribution is 2.20. The second-order valence-corrected chi connectivity index (χ2v) is 5.99. The van der Waals surface area contributed by atoms with Gasteiger partial charge in [0.05, 0.1) is 7.11 Å². The first-order valence-electron chi connectivity index (χ1n) is 8.35. The lowest BCUT2D eigenvalue weighted by molar-refractivity contribution is 0.255. The minimum atomic E-state index is 0.919. The molecule has 0 saturated carbocycles. The van der Waals surface area contributed by atoms with Crippen molar-refractivity contribution in [3.8, 4) is 5.75 Å². The molecule has 0 atom stereocenters. The highest BCUT2D eigenvalue weighted by Gasteiger charge is 2.16. The monoisotopic (exact) mass is 311 g/mol. The summed E-state index contributed by atoms with van der Waals surface area (Å²) < 4.78 is 5.22. The summed E-state index contributed by atoms with van der Waals surface area (Å²) in [6.07, 6.45) is 6.13. The first-order valence-corrected chi connectivity index (χ1v) is 8.35. The van der Waals surface area contributed by atoms with Crippen LogP contribution in [0, 0.1) is 0 Å². The molecule has 1 aromatic heterocycles. The Hall–Kier alpha value is -2.07. The van der Waals surface area contributed by atoms with Gasteiger partial charge < -0.3 is 9.64 Å². The maximum absolute atomic E-state index is 5.22. The zero-order valence-electron chi connectivity index (χ0n) is 13.8. The van der Waals surface area contributed by atoms with E-state index in [-0.39, 0.29) is 0 Å². The van der Waals surface area contributed by atoms with Gasteiger partial charge in [0.25, 0.3) is 0 Å². The Morgan fingerprint density at radius 2 is 1.83 bits per heavy atom. The summed E-state index contributed by atoms with van der Waals surface area (Å²) >= 11 is 0. The van der Waals surface area contributed by atoms with E-state index in [4.69, 9.17) is 4.74 Å². The molecule has 2 aromatic rings. The third kappa shape index (κ3) is 4.45. The molecule has 1 saturated heterocycles. The number of methoxy groups -OCH3 is 1. The minimum absolute atomic E-state index is 0.919. The summed E-state index contributed by atoms with van der Waals surface area (Å²) in [6, 6.07) is 12.6. The molecule has 1 aromatic carbocycles. The summed E-state index contributed by atoms with van der Waals surface area (Å²) in [5.74, 6) is 0.919. The fraction of sp³-hybridized carbons (Fsp3) is 0.421. The molecule has 0 amide bonds. The van der Waals surface area contributed by atoms with Crippen LogP contribution in [0.25, 0.3) is 0 Å². The SMILES string of the molecule is COc1ccc(N2CCN(CCCc3cccnc3)CC2)cc1. The lowest BCUT2D eigenvalue weighted by atomic mass is 10.1. The molecule has 0 aliphatic carbocycles. The summed E-state index contributed by atoms with van der Waals surface area (Å²) in [5, 5.41) is 0. The molecule has 4 nitrogen and oxygen atoms in total. The molecule has 0 bridgehead atoms. The Morgan fingerprint density at radius 3 is 2.48 bits per heavy atom. The van der Waals surface area contributed by atoms with E-state index in [1.54, 1.807) is 7.11 Å². The van der Waals surface area contributed by atoms with E-state index in [1.807, 2.05) is 30.6 Å². The standard InChI is InChI=1S/C19H25N3O/c1-23-19-8-6-18(7-9-19)22-14-12-21(13-15-22)11-3-5-17-4-2-10-20-16-17/h2,4,6-10,16H,3,5,11-15H2,1H3. The Morgan fingerprint density at radius 1 is 1.04 bits per heavy atom. The molecule has 122 valence electrons. The van der Waals surface area contributed by atoms with E-state index in [0.29, 0.717) is 0 Å². The van der Waals surface area contributed by atoms with Gasteiger partial charge in [0.15, 0.2) is 0 Å². The summed E-state index contributed by atoms with van der Waals surface area (Å²) in [6.45, 7) is 5.64. The number of anilines is 1. The van der Waals surface area contributed by atoms with Crippen LogP contribution in [-0.4, -0.2) is 49.7 Å². The normalized spacial score (nSPS) is 15.6. The largest absolute Gasteiger partial charge is 0.497 e. The van der Waals surface area contributed by atoms with Crippen LogP contribution in [0.2, 0.25) is 0 Å². The van der Waals surface area contributed by atoms with E-state index in [2.05, 4.69) is 33.0 Å². The highest BCUT2D eigenvalue weighted by atomic mass is 16.5. The van der Waals surface area contributed by atoms with Gasteiger partial charge in [-0.1, -0.05) is 6.07 Å². The summed E-state index contributed by atoms with van der Waals surface area (Å²) in [5.41, 5.74) is 2.63. The molecule has 0 spiro atoms. The topological polar surface area (TPSA) is 28.6 Å². The van der Waals surface area contributed by atoms with E-state index in [1.165, 1.54) is 24.2 Å². The molecular weight excluding hydrogens is 286 g/mol. The van der Waals surface area contributed by atoms with Crippen molar-refractivity contribution in [2.45, 2.75) is 12.8 Å². The van der Waals surface area contributed by atoms with Crippen molar-refractivity contribution in [2.75, 3.05) is 44.7 Å². The van der Waals surface area contributed by atoms with Gasteiger partial charge in [-0.15, -0.1) is 0 Å². The number of aromatic nitrogens is 1. The summed E-state index contributed by atoms with van der Waals surface area (Å²) in [7, 11) is 1.71. The first kappa shape index (κ1) is 15.8. The van der Waals surface area contributed by atoms with E-state index in [0.717, 1.165) is 38.3 Å². The van der Waals surface area contributed by atoms with Crippen LogP contribution in [0.3, 0.4) is 0 Å². The first-order chi connectivity index (χ1) is 11.3. The number of hydrogen-bond acceptors (Lipinski definition) is 4. The van der Waals surface area contributed by atoms with Crippen LogP contribution in [-0.2, 0) is 6.42 Å². The van der Waals surface area contributed by atoms with Gasteiger partial charge in [0.1, 0.15) is 5.75 Å². The van der Waals surface area contributed by atoms with Gasteiger partial charge in [0, 0.05) is 44.3 Å². The molecule has 4 heteroatoms. The molecule has 1 aliphatic rings. The van der Waals surface area contributed by atoms with Gasteiger partial charge in [0.2, 0.25) is 0 Å². The van der Waals surface area contributed by atoms with Crippen LogP contribution in [0.1, 0.15) is 12.0 Å². The smallest absolute Gasteiger partial charge is 0.119 e. The second kappa shape index (κ2) is 7.97. The number of pyridine rings is 1. The van der Waals surface area contributed by atoms with Crippen molar-refractivity contribution in [1.29, 1.82) is 0 Å². The Kier molecular flexibility index (Phi) is 5.48. The number of benzene rings is 1. The molecular formula is C19H25N3O. The van der Waals surface area contributed by atoms with Gasteiger partial charge in [-0.05, 0) is 55.3 Å². The maximum atomic E-state index is 5.22. The van der Waals surface area contributed by atoms with Crippen molar-refractivity contribution in [2.24, 2.45) is 0 Å². The second-order valence-electron chi connectivity index (χ2n) is 5.99. The van der Waals surface area contributed by atoms with Crippen molar-refractivity contribution < 1.29 is 4.74 Å². The third-order valence-corrected chi connectivity index (χ3v) is 4.47. The van der Waals surface area contributed by atoms with Crippen molar-refractivity contribution in [3.63, 3.8) is 0 Å². The van der Waals surface area contributed by atoms with Gasteiger partial charge in [-0.25, -0.2) is 0 Å². The number of hydrogen-bond donors (Lipinski definition) is 0. The lowest BCUT2D eigenvalue weighted by Crippen LogP contribution is -2.46. The fourth-order valence-corrected chi connectivity index (χ4v) is 3.08. The third-order valence-electron chi connectivity index (χ3n) is 4.47. The molecule has 3 rings (SSSR count). The average Bonchev–Trinajstić information content (AvgIpc) is 2.63. The van der Waals surface area contributed by atoms with Crippen LogP contribution >= 0.6 is 0 Å². The van der Waals surface area contributed by atoms with Crippen molar-refractivity contribution >= 4 is 5.69 Å². The van der Waals surface area contributed by atoms with Crippen molar-refractivity contribution in [1.82, 2.24) is 9.88 Å². The number of ether oxygens (including phenoxy) is 1. The van der Waals surface area contributed by atoms with Crippen LogP contribution < -0.4 is 9.64 Å². The summed E-state index contributed by atoms with van der Waals surface area (Å²) in [4.78, 5) is 9.20. The predicted molar refractivity (Wildman–Crippen MR) is 94.2 cm³/mol. The minimum Gasteiger partial charge on any atom is -0.497 e. The zero-order valence-corrected chi connectivity index (χ0v) is 13.8. The molecule has 23 heavy (non-hydrogen) atoms. The zero-order chi connectivity index (χ0) is 15.9. The van der Waals surface area contributed by atoms with Crippen molar-refractivity contribution in [3.05, 3.63) is 54.4 Å². The average molecular weight is 311 g/mol. The van der Waals surface area contributed by atoms with E-state index < -0.39 is 0 Å². The Bertz CT molecular complexity index is 577. The maximum Gasteiger partial charge on any atom is 0.119 e. The molecule has 0 N–H and O–H groups in total. The molecule has 1 fully saturated rings. The van der Waals surface area contributed by atoms with Gasteiger partial charge in [-0.3, -0.25) is 9.88 Å². The van der Waals surface area contributed by atoms with Crippen LogP contribution in [0.4, 0.5) is 5.69 Å². The number of piperazine rings is 1. The molecule has 0 unspecified atom stereocenters. The highest BCUT2D eigenvalue weighted by molar-refractivity contribution is 5.49. The quantitative estimate of drug-likeness (QED) is 0.820. The van der Waals surface area contributed by atoms with E-state index >= 15 is 0 Å². The predicted octanol–water partition coefficient (Wildman–Crippen LogP) is 2.85. The number of rotatable bonds is 6. The fourth-order valence-electron chi connectivity index (χ4n) is 3.08. The molecule has 0 radical (unpaired) electrons. The van der Waals surface area contributed by atoms with Gasteiger partial charge in [-0.2, -0.15) is 0 Å². The lowest BCUT2D eigenvalue weighted by Gasteiger charge is -2.36. The van der Waals surface area contributed by atoms with Gasteiger partial charge >= 0.3 is 0 Å². The Balaban J connectivity index is 1.41. The van der Waals surface area contributed by atoms with E-state index in [9.17, 15) is 0 Å². The number of nitrogens with zero attached hydrogens (tertiary/aromatic N) is 3. The molecule has 2 heterocycles. The molecule has 1 aliphatic heterocycles. The Labute approximate surface area is 138 Å².